The molecule has 118 valence electrons. The van der Waals surface area contributed by atoms with Crippen LogP contribution in [0.5, 0.6) is 5.75 Å². The van der Waals surface area contributed by atoms with E-state index in [-0.39, 0.29) is 5.92 Å². The van der Waals surface area contributed by atoms with Crippen molar-refractivity contribution in [3.05, 3.63) is 29.8 Å². The quantitative estimate of drug-likeness (QED) is 0.809. The number of nitrogens with two attached hydrogens (primary N) is 1. The van der Waals surface area contributed by atoms with Gasteiger partial charge in [0.25, 0.3) is 0 Å². The minimum Gasteiger partial charge on any atom is -0.494 e. The summed E-state index contributed by atoms with van der Waals surface area (Å²) in [7, 11) is 0. The molecule has 3 N–H and O–H groups in total. The molecule has 0 bridgehead atoms. The van der Waals surface area contributed by atoms with Crippen LogP contribution in [0.1, 0.15) is 57.4 Å². The number of rotatable bonds is 7. The van der Waals surface area contributed by atoms with Crippen molar-refractivity contribution < 1.29 is 9.84 Å². The van der Waals surface area contributed by atoms with E-state index in [0.717, 1.165) is 37.9 Å². The predicted molar refractivity (Wildman–Crippen MR) is 86.6 cm³/mol. The highest BCUT2D eigenvalue weighted by atomic mass is 16.5. The molecule has 3 heteroatoms. The summed E-state index contributed by atoms with van der Waals surface area (Å²) < 4.78 is 5.82. The van der Waals surface area contributed by atoms with Crippen LogP contribution in [0.3, 0.4) is 0 Å². The number of ether oxygens (including phenoxy) is 1. The number of benzene rings is 1. The fraction of sp³-hybridized carbons (Fsp3) is 0.667. The largest absolute Gasteiger partial charge is 0.494 e. The van der Waals surface area contributed by atoms with Crippen LogP contribution in [0, 0.1) is 5.92 Å². The minimum atomic E-state index is -0.663. The Kier molecular flexibility index (Phi) is 5.65. The summed E-state index contributed by atoms with van der Waals surface area (Å²) in [6.07, 6.45) is 4.99. The fourth-order valence-electron chi connectivity index (χ4n) is 3.26. The summed E-state index contributed by atoms with van der Waals surface area (Å²) in [4.78, 5) is 0. The van der Waals surface area contributed by atoms with Crippen molar-refractivity contribution >= 4 is 0 Å². The van der Waals surface area contributed by atoms with Gasteiger partial charge in [-0.25, -0.2) is 0 Å². The normalized spacial score (nSPS) is 26.8. The molecule has 0 aliphatic heterocycles. The minimum absolute atomic E-state index is 0.280. The summed E-state index contributed by atoms with van der Waals surface area (Å²) in [5.41, 5.74) is 6.41. The van der Waals surface area contributed by atoms with Crippen molar-refractivity contribution in [3.8, 4) is 5.75 Å². The van der Waals surface area contributed by atoms with Gasteiger partial charge in [0.2, 0.25) is 0 Å². The van der Waals surface area contributed by atoms with Gasteiger partial charge < -0.3 is 15.6 Å². The van der Waals surface area contributed by atoms with Gasteiger partial charge in [0, 0.05) is 6.54 Å². The lowest BCUT2D eigenvalue weighted by Crippen LogP contribution is -2.41. The summed E-state index contributed by atoms with van der Waals surface area (Å²) in [5.74, 6) is 1.79. The second-order valence-electron chi connectivity index (χ2n) is 6.41. The lowest BCUT2D eigenvalue weighted by Gasteiger charge is -2.28. The molecule has 1 aliphatic carbocycles. The van der Waals surface area contributed by atoms with Crippen molar-refractivity contribution in [1.82, 2.24) is 0 Å². The third-order valence-electron chi connectivity index (χ3n) is 5.07. The van der Waals surface area contributed by atoms with Crippen LogP contribution < -0.4 is 10.5 Å². The van der Waals surface area contributed by atoms with Gasteiger partial charge in [-0.1, -0.05) is 32.4 Å². The SMILES string of the molecule is CCC(C)c1ccc(OCCC2CCCC2(O)CN)cc1. The Labute approximate surface area is 128 Å². The van der Waals surface area contributed by atoms with Crippen molar-refractivity contribution in [3.63, 3.8) is 0 Å². The van der Waals surface area contributed by atoms with Gasteiger partial charge in [-0.2, -0.15) is 0 Å². The van der Waals surface area contributed by atoms with Gasteiger partial charge in [0.15, 0.2) is 0 Å². The predicted octanol–water partition coefficient (Wildman–Crippen LogP) is 3.46. The van der Waals surface area contributed by atoms with E-state index in [1.54, 1.807) is 0 Å². The second-order valence-corrected chi connectivity index (χ2v) is 6.41. The molecular weight excluding hydrogens is 262 g/mol. The average Bonchev–Trinajstić information content (AvgIpc) is 2.89. The number of hydrogen-bond donors (Lipinski definition) is 2. The van der Waals surface area contributed by atoms with Gasteiger partial charge in [0.05, 0.1) is 12.2 Å². The van der Waals surface area contributed by atoms with Gasteiger partial charge in [0.1, 0.15) is 5.75 Å². The van der Waals surface area contributed by atoms with Gasteiger partial charge in [-0.05, 0) is 55.2 Å². The Hall–Kier alpha value is -1.06. The van der Waals surface area contributed by atoms with Crippen LogP contribution in [-0.2, 0) is 0 Å². The van der Waals surface area contributed by atoms with E-state index in [1.807, 2.05) is 12.1 Å². The zero-order chi connectivity index (χ0) is 15.3. The fourth-order valence-corrected chi connectivity index (χ4v) is 3.26. The molecular formula is C18H29NO2. The molecule has 0 aromatic heterocycles. The highest BCUT2D eigenvalue weighted by Crippen LogP contribution is 2.37. The van der Waals surface area contributed by atoms with Gasteiger partial charge in [-0.3, -0.25) is 0 Å². The van der Waals surface area contributed by atoms with E-state index >= 15 is 0 Å². The molecule has 0 spiro atoms. The Balaban J connectivity index is 1.81. The summed E-state index contributed by atoms with van der Waals surface area (Å²) in [6.45, 7) is 5.45. The monoisotopic (exact) mass is 291 g/mol. The molecule has 0 radical (unpaired) electrons. The first-order valence-electron chi connectivity index (χ1n) is 8.24. The van der Waals surface area contributed by atoms with E-state index in [2.05, 4.69) is 26.0 Å². The highest BCUT2D eigenvalue weighted by molar-refractivity contribution is 5.29. The van der Waals surface area contributed by atoms with Crippen molar-refractivity contribution in [2.75, 3.05) is 13.2 Å². The molecule has 1 aliphatic rings. The Morgan fingerprint density at radius 3 is 2.71 bits per heavy atom. The van der Waals surface area contributed by atoms with Gasteiger partial charge in [-0.15, -0.1) is 0 Å². The lowest BCUT2D eigenvalue weighted by molar-refractivity contribution is 0.00355. The van der Waals surface area contributed by atoms with Gasteiger partial charge >= 0.3 is 0 Å². The first kappa shape index (κ1) is 16.3. The maximum atomic E-state index is 10.4. The van der Waals surface area contributed by atoms with Crippen molar-refractivity contribution in [1.29, 1.82) is 0 Å². The van der Waals surface area contributed by atoms with Crippen LogP contribution in [0.4, 0.5) is 0 Å². The van der Waals surface area contributed by atoms with E-state index in [1.165, 1.54) is 5.56 Å². The summed E-state index contributed by atoms with van der Waals surface area (Å²) in [5, 5.41) is 10.4. The topological polar surface area (TPSA) is 55.5 Å². The average molecular weight is 291 g/mol. The number of hydrogen-bond acceptors (Lipinski definition) is 3. The molecule has 0 amide bonds. The standard InChI is InChI=1S/C18H29NO2/c1-3-14(2)15-6-8-17(9-7-15)21-12-10-16-5-4-11-18(16,20)13-19/h6-9,14,16,20H,3-5,10-13,19H2,1-2H3. The summed E-state index contributed by atoms with van der Waals surface area (Å²) >= 11 is 0. The molecule has 3 atom stereocenters. The molecule has 1 saturated carbocycles. The first-order valence-corrected chi connectivity index (χ1v) is 8.24. The molecule has 1 fully saturated rings. The highest BCUT2D eigenvalue weighted by Gasteiger charge is 2.39. The second kappa shape index (κ2) is 7.28. The van der Waals surface area contributed by atoms with Crippen LogP contribution in [0.25, 0.3) is 0 Å². The van der Waals surface area contributed by atoms with Crippen molar-refractivity contribution in [2.24, 2.45) is 11.7 Å². The molecule has 0 saturated heterocycles. The Morgan fingerprint density at radius 2 is 2.10 bits per heavy atom. The molecule has 2 rings (SSSR count). The third kappa shape index (κ3) is 3.98. The zero-order valence-electron chi connectivity index (χ0n) is 13.3. The first-order chi connectivity index (χ1) is 10.1. The summed E-state index contributed by atoms with van der Waals surface area (Å²) in [6, 6.07) is 8.39. The smallest absolute Gasteiger partial charge is 0.119 e. The zero-order valence-corrected chi connectivity index (χ0v) is 13.3. The van der Waals surface area contributed by atoms with E-state index in [9.17, 15) is 5.11 Å². The van der Waals surface area contributed by atoms with Crippen LogP contribution in [0.2, 0.25) is 0 Å². The number of aliphatic hydroxyl groups is 1. The molecule has 0 heterocycles. The maximum Gasteiger partial charge on any atom is 0.119 e. The molecule has 21 heavy (non-hydrogen) atoms. The third-order valence-corrected chi connectivity index (χ3v) is 5.07. The lowest BCUT2D eigenvalue weighted by atomic mass is 9.88. The van der Waals surface area contributed by atoms with E-state index in [0.29, 0.717) is 19.1 Å². The Morgan fingerprint density at radius 1 is 1.38 bits per heavy atom. The van der Waals surface area contributed by atoms with E-state index in [4.69, 9.17) is 10.5 Å². The molecule has 1 aromatic rings. The maximum absolute atomic E-state index is 10.4. The molecule has 3 nitrogen and oxygen atoms in total. The molecule has 3 unspecified atom stereocenters. The molecule has 1 aromatic carbocycles. The van der Waals surface area contributed by atoms with Crippen LogP contribution in [0.15, 0.2) is 24.3 Å². The van der Waals surface area contributed by atoms with E-state index < -0.39 is 5.60 Å². The van der Waals surface area contributed by atoms with Crippen molar-refractivity contribution in [2.45, 2.75) is 57.5 Å². The Bertz CT molecular complexity index is 431. The van der Waals surface area contributed by atoms with Crippen LogP contribution in [-0.4, -0.2) is 23.9 Å². The van der Waals surface area contributed by atoms with Crippen LogP contribution >= 0.6 is 0 Å².